The Balaban J connectivity index is 1.54. The Bertz CT molecular complexity index is 720. The molecule has 1 unspecified atom stereocenters. The van der Waals surface area contributed by atoms with E-state index in [4.69, 9.17) is 4.74 Å². The summed E-state index contributed by atoms with van der Waals surface area (Å²) in [4.78, 5) is 14.7. The quantitative estimate of drug-likeness (QED) is 0.787. The van der Waals surface area contributed by atoms with Crippen LogP contribution in [0.15, 0.2) is 54.6 Å². The molecule has 0 spiro atoms. The Morgan fingerprint density at radius 2 is 1.78 bits per heavy atom. The molecular formula is C21H26FN3O2. The number of nitrogens with zero attached hydrogens (tertiary/aromatic N) is 1. The smallest absolute Gasteiger partial charge is 0.315 e. The molecule has 3 rings (SSSR count). The molecule has 0 aliphatic carbocycles. The van der Waals surface area contributed by atoms with Gasteiger partial charge in [0.05, 0.1) is 19.3 Å². The molecule has 1 heterocycles. The van der Waals surface area contributed by atoms with Crippen LogP contribution in [0.4, 0.5) is 9.18 Å². The van der Waals surface area contributed by atoms with Crippen molar-refractivity contribution in [1.82, 2.24) is 15.5 Å². The number of hydrogen-bond acceptors (Lipinski definition) is 3. The first kappa shape index (κ1) is 19.3. The molecule has 6 heteroatoms. The maximum atomic E-state index is 13.7. The van der Waals surface area contributed by atoms with Gasteiger partial charge in [-0.2, -0.15) is 0 Å². The highest BCUT2D eigenvalue weighted by Gasteiger charge is 2.20. The number of carbonyl (C=O) groups excluding carboxylic acids is 1. The van der Waals surface area contributed by atoms with Gasteiger partial charge in [0.1, 0.15) is 5.82 Å². The predicted octanol–water partition coefficient (Wildman–Crippen LogP) is 2.74. The first-order valence-corrected chi connectivity index (χ1v) is 9.35. The molecule has 1 atom stereocenters. The van der Waals surface area contributed by atoms with Gasteiger partial charge in [-0.05, 0) is 23.6 Å². The van der Waals surface area contributed by atoms with Crippen molar-refractivity contribution >= 4 is 6.03 Å². The SMILES string of the molecule is O=C(NCCc1ccccc1F)NC(CN1CCOCC1)c1ccccc1. The van der Waals surface area contributed by atoms with Crippen LogP contribution in [0.2, 0.25) is 0 Å². The van der Waals surface area contributed by atoms with Crippen molar-refractivity contribution in [2.45, 2.75) is 12.5 Å². The normalized spacial score (nSPS) is 15.9. The van der Waals surface area contributed by atoms with Gasteiger partial charge in [-0.3, -0.25) is 4.90 Å². The van der Waals surface area contributed by atoms with E-state index in [2.05, 4.69) is 15.5 Å². The zero-order valence-electron chi connectivity index (χ0n) is 15.4. The molecule has 0 radical (unpaired) electrons. The summed E-state index contributed by atoms with van der Waals surface area (Å²) in [5.74, 6) is -0.241. The van der Waals surface area contributed by atoms with E-state index in [1.54, 1.807) is 18.2 Å². The molecule has 2 aromatic rings. The van der Waals surface area contributed by atoms with Crippen molar-refractivity contribution in [2.24, 2.45) is 0 Å². The molecule has 0 aromatic heterocycles. The third-order valence-corrected chi connectivity index (χ3v) is 4.69. The molecule has 0 saturated carbocycles. The summed E-state index contributed by atoms with van der Waals surface area (Å²) in [5, 5.41) is 5.89. The fourth-order valence-electron chi connectivity index (χ4n) is 3.18. The van der Waals surface area contributed by atoms with E-state index in [1.165, 1.54) is 6.07 Å². The van der Waals surface area contributed by atoms with Gasteiger partial charge in [-0.1, -0.05) is 48.5 Å². The van der Waals surface area contributed by atoms with Gasteiger partial charge >= 0.3 is 6.03 Å². The Morgan fingerprint density at radius 1 is 1.07 bits per heavy atom. The van der Waals surface area contributed by atoms with Gasteiger partial charge in [0, 0.05) is 26.2 Å². The second-order valence-electron chi connectivity index (χ2n) is 6.62. The van der Waals surface area contributed by atoms with Crippen LogP contribution in [0.3, 0.4) is 0 Å². The fourth-order valence-corrected chi connectivity index (χ4v) is 3.18. The number of rotatable bonds is 7. The van der Waals surface area contributed by atoms with Crippen molar-refractivity contribution in [3.05, 3.63) is 71.5 Å². The zero-order chi connectivity index (χ0) is 18.9. The molecule has 2 N–H and O–H groups in total. The lowest BCUT2D eigenvalue weighted by Gasteiger charge is -2.31. The molecule has 2 amide bonds. The fraction of sp³-hybridized carbons (Fsp3) is 0.381. The van der Waals surface area contributed by atoms with Crippen LogP contribution in [0.1, 0.15) is 17.2 Å². The highest BCUT2D eigenvalue weighted by Crippen LogP contribution is 2.15. The number of carbonyl (C=O) groups is 1. The zero-order valence-corrected chi connectivity index (χ0v) is 15.4. The van der Waals surface area contributed by atoms with Crippen LogP contribution in [-0.2, 0) is 11.2 Å². The standard InChI is InChI=1S/C21H26FN3O2/c22-19-9-5-4-6-17(19)10-11-23-21(26)24-20(18-7-2-1-3-8-18)16-25-12-14-27-15-13-25/h1-9,20H,10-16H2,(H2,23,24,26). The number of halogens is 1. The average molecular weight is 371 g/mol. The predicted molar refractivity (Wildman–Crippen MR) is 103 cm³/mol. The van der Waals surface area contributed by atoms with Crippen LogP contribution in [0.25, 0.3) is 0 Å². The lowest BCUT2D eigenvalue weighted by Crippen LogP contribution is -2.45. The van der Waals surface area contributed by atoms with Gasteiger partial charge in [0.15, 0.2) is 0 Å². The van der Waals surface area contributed by atoms with E-state index in [0.717, 1.165) is 38.4 Å². The van der Waals surface area contributed by atoms with Gasteiger partial charge in [0.25, 0.3) is 0 Å². The third kappa shape index (κ3) is 6.05. The summed E-state index contributed by atoms with van der Waals surface area (Å²) in [6, 6.07) is 16.2. The number of morpholine rings is 1. The highest BCUT2D eigenvalue weighted by molar-refractivity contribution is 5.74. The summed E-state index contributed by atoms with van der Waals surface area (Å²) in [5.41, 5.74) is 1.67. The van der Waals surface area contributed by atoms with Crippen LogP contribution < -0.4 is 10.6 Å². The van der Waals surface area contributed by atoms with Crippen LogP contribution in [0, 0.1) is 5.82 Å². The van der Waals surface area contributed by atoms with Crippen molar-refractivity contribution in [1.29, 1.82) is 0 Å². The molecule has 144 valence electrons. The van der Waals surface area contributed by atoms with Gasteiger partial charge in [0.2, 0.25) is 0 Å². The maximum absolute atomic E-state index is 13.7. The van der Waals surface area contributed by atoms with Crippen LogP contribution >= 0.6 is 0 Å². The van der Waals surface area contributed by atoms with Crippen LogP contribution in [0.5, 0.6) is 0 Å². The maximum Gasteiger partial charge on any atom is 0.315 e. The molecule has 5 nitrogen and oxygen atoms in total. The largest absolute Gasteiger partial charge is 0.379 e. The van der Waals surface area contributed by atoms with Gasteiger partial charge in [-0.15, -0.1) is 0 Å². The van der Waals surface area contributed by atoms with E-state index in [9.17, 15) is 9.18 Å². The average Bonchev–Trinajstić information content (AvgIpc) is 2.70. The minimum absolute atomic E-state index is 0.113. The van der Waals surface area contributed by atoms with Crippen molar-refractivity contribution in [3.63, 3.8) is 0 Å². The lowest BCUT2D eigenvalue weighted by atomic mass is 10.1. The van der Waals surface area contributed by atoms with Gasteiger partial charge < -0.3 is 15.4 Å². The molecule has 2 aromatic carbocycles. The molecule has 1 fully saturated rings. The minimum atomic E-state index is -0.242. The molecule has 27 heavy (non-hydrogen) atoms. The number of urea groups is 1. The first-order chi connectivity index (χ1) is 13.2. The van der Waals surface area contributed by atoms with Crippen LogP contribution in [-0.4, -0.2) is 50.3 Å². The Kier molecular flexibility index (Phi) is 7.19. The van der Waals surface area contributed by atoms with Crippen molar-refractivity contribution in [3.8, 4) is 0 Å². The summed E-state index contributed by atoms with van der Waals surface area (Å²) in [6.45, 7) is 4.27. The highest BCUT2D eigenvalue weighted by atomic mass is 19.1. The topological polar surface area (TPSA) is 53.6 Å². The van der Waals surface area contributed by atoms with E-state index >= 15 is 0 Å². The van der Waals surface area contributed by atoms with E-state index in [1.807, 2.05) is 30.3 Å². The minimum Gasteiger partial charge on any atom is -0.379 e. The monoisotopic (exact) mass is 371 g/mol. The Morgan fingerprint density at radius 3 is 2.52 bits per heavy atom. The third-order valence-electron chi connectivity index (χ3n) is 4.69. The number of amides is 2. The van der Waals surface area contributed by atoms with E-state index in [0.29, 0.717) is 18.5 Å². The summed E-state index contributed by atoms with van der Waals surface area (Å²) >= 11 is 0. The number of benzene rings is 2. The van der Waals surface area contributed by atoms with Gasteiger partial charge in [-0.25, -0.2) is 9.18 Å². The summed E-state index contributed by atoms with van der Waals surface area (Å²) < 4.78 is 19.1. The Hall–Kier alpha value is -2.44. The van der Waals surface area contributed by atoms with E-state index < -0.39 is 0 Å². The van der Waals surface area contributed by atoms with Crippen molar-refractivity contribution in [2.75, 3.05) is 39.4 Å². The molecular weight excluding hydrogens is 345 g/mol. The molecule has 1 aliphatic heterocycles. The summed E-state index contributed by atoms with van der Waals surface area (Å²) in [6.07, 6.45) is 0.458. The number of hydrogen-bond donors (Lipinski definition) is 2. The lowest BCUT2D eigenvalue weighted by molar-refractivity contribution is 0.0340. The Labute approximate surface area is 159 Å². The number of nitrogens with one attached hydrogen (secondary N) is 2. The molecule has 1 aliphatic rings. The second kappa shape index (κ2) is 10.0. The second-order valence-corrected chi connectivity index (χ2v) is 6.62. The van der Waals surface area contributed by atoms with E-state index in [-0.39, 0.29) is 17.9 Å². The molecule has 1 saturated heterocycles. The molecule has 0 bridgehead atoms. The van der Waals surface area contributed by atoms with Crippen molar-refractivity contribution < 1.29 is 13.9 Å². The first-order valence-electron chi connectivity index (χ1n) is 9.35. The summed E-state index contributed by atoms with van der Waals surface area (Å²) in [7, 11) is 0. The number of ether oxygens (including phenoxy) is 1.